The second-order valence-corrected chi connectivity index (χ2v) is 7.36. The summed E-state index contributed by atoms with van der Waals surface area (Å²) >= 11 is 0. The summed E-state index contributed by atoms with van der Waals surface area (Å²) in [5.74, 6) is 0.565. The number of carbonyl (C=O) groups excluding carboxylic acids is 2. The van der Waals surface area contributed by atoms with E-state index in [-0.39, 0.29) is 11.9 Å². The molecule has 0 aromatic carbocycles. The van der Waals surface area contributed by atoms with Crippen molar-refractivity contribution in [1.82, 2.24) is 30.6 Å². The Morgan fingerprint density at radius 3 is 2.36 bits per heavy atom. The average Bonchev–Trinajstić information content (AvgIpc) is 3.09. The Morgan fingerprint density at radius 1 is 1.21 bits per heavy atom. The zero-order valence-electron chi connectivity index (χ0n) is 17.6. The number of amides is 3. The molecule has 0 bridgehead atoms. The van der Waals surface area contributed by atoms with Crippen LogP contribution in [0.15, 0.2) is 11.1 Å². The molecule has 2 rings (SSSR count). The third-order valence-electron chi connectivity index (χ3n) is 5.07. The van der Waals surface area contributed by atoms with Crippen molar-refractivity contribution >= 4 is 17.9 Å². The lowest BCUT2D eigenvalue weighted by molar-refractivity contribution is -0.130. The molecule has 3 N–H and O–H groups in total. The smallest absolute Gasteiger partial charge is 0.325 e. The molecule has 2 heterocycles. The van der Waals surface area contributed by atoms with Crippen molar-refractivity contribution < 1.29 is 9.59 Å². The maximum absolute atomic E-state index is 12.3. The molecule has 0 radical (unpaired) electrons. The number of urea groups is 1. The monoisotopic (exact) mass is 391 g/mol. The second-order valence-electron chi connectivity index (χ2n) is 7.36. The van der Waals surface area contributed by atoms with Crippen LogP contribution in [0.1, 0.15) is 44.5 Å². The van der Waals surface area contributed by atoms with E-state index in [0.29, 0.717) is 31.9 Å². The standard InChI is InChI=1S/C19H33N7O2/c1-6-19(4)16(27)25(18(28)23-19)11-7-9-21-17(20-5)22-10-8-12-26-15(3)13-14(2)24-26/h13H,6-12H2,1-5H3,(H,23,28)(H2,20,21,22). The molecule has 9 nitrogen and oxygen atoms in total. The van der Waals surface area contributed by atoms with E-state index < -0.39 is 5.54 Å². The van der Waals surface area contributed by atoms with E-state index in [9.17, 15) is 9.59 Å². The Kier molecular flexibility index (Phi) is 7.42. The van der Waals surface area contributed by atoms with Crippen molar-refractivity contribution in [2.75, 3.05) is 26.7 Å². The Bertz CT molecular complexity index is 728. The molecule has 1 fully saturated rings. The number of hydrogen-bond donors (Lipinski definition) is 3. The molecule has 0 saturated carbocycles. The van der Waals surface area contributed by atoms with Gasteiger partial charge in [0.05, 0.1) is 5.69 Å². The number of hydrogen-bond acceptors (Lipinski definition) is 4. The van der Waals surface area contributed by atoms with Crippen LogP contribution in [0.2, 0.25) is 0 Å². The summed E-state index contributed by atoms with van der Waals surface area (Å²) in [4.78, 5) is 29.8. The third kappa shape index (κ3) is 5.24. The molecule has 1 aromatic heterocycles. The SMILES string of the molecule is CCC1(C)NC(=O)N(CCCNC(=NC)NCCCn2nc(C)cc2C)C1=O. The summed E-state index contributed by atoms with van der Waals surface area (Å²) in [6.07, 6.45) is 2.17. The minimum absolute atomic E-state index is 0.147. The molecular formula is C19H33N7O2. The van der Waals surface area contributed by atoms with Gasteiger partial charge in [0, 0.05) is 38.9 Å². The maximum Gasteiger partial charge on any atom is 0.325 e. The average molecular weight is 392 g/mol. The lowest BCUT2D eigenvalue weighted by Gasteiger charge is -2.19. The molecule has 1 aliphatic rings. The van der Waals surface area contributed by atoms with Crippen molar-refractivity contribution in [1.29, 1.82) is 0 Å². The fraction of sp³-hybridized carbons (Fsp3) is 0.684. The molecule has 1 atom stereocenters. The van der Waals surface area contributed by atoms with Gasteiger partial charge in [-0.3, -0.25) is 19.4 Å². The zero-order valence-corrected chi connectivity index (χ0v) is 17.6. The number of aryl methyl sites for hydroxylation is 3. The van der Waals surface area contributed by atoms with Crippen LogP contribution in [-0.4, -0.2) is 64.8 Å². The summed E-state index contributed by atoms with van der Waals surface area (Å²) in [5.41, 5.74) is 1.43. The Morgan fingerprint density at radius 2 is 1.86 bits per heavy atom. The molecule has 1 aliphatic heterocycles. The summed E-state index contributed by atoms with van der Waals surface area (Å²) < 4.78 is 2.01. The van der Waals surface area contributed by atoms with E-state index in [1.807, 2.05) is 18.5 Å². The molecule has 3 amide bonds. The lowest BCUT2D eigenvalue weighted by Crippen LogP contribution is -2.43. The zero-order chi connectivity index (χ0) is 20.7. The van der Waals surface area contributed by atoms with Gasteiger partial charge in [-0.05, 0) is 46.1 Å². The molecular weight excluding hydrogens is 358 g/mol. The van der Waals surface area contributed by atoms with E-state index in [1.165, 1.54) is 10.6 Å². The second kappa shape index (κ2) is 9.57. The molecule has 1 saturated heterocycles. The van der Waals surface area contributed by atoms with Gasteiger partial charge in [-0.2, -0.15) is 5.10 Å². The predicted octanol–water partition coefficient (Wildman–Crippen LogP) is 1.17. The van der Waals surface area contributed by atoms with Gasteiger partial charge in [0.1, 0.15) is 5.54 Å². The van der Waals surface area contributed by atoms with Crippen LogP contribution in [0, 0.1) is 13.8 Å². The van der Waals surface area contributed by atoms with Crippen LogP contribution >= 0.6 is 0 Å². The number of guanidine groups is 1. The first-order valence-electron chi connectivity index (χ1n) is 9.90. The third-order valence-corrected chi connectivity index (χ3v) is 5.07. The minimum Gasteiger partial charge on any atom is -0.356 e. The van der Waals surface area contributed by atoms with E-state index in [4.69, 9.17) is 0 Å². The largest absolute Gasteiger partial charge is 0.356 e. The molecule has 9 heteroatoms. The van der Waals surface area contributed by atoms with Crippen molar-refractivity contribution in [2.24, 2.45) is 4.99 Å². The van der Waals surface area contributed by atoms with Gasteiger partial charge in [-0.1, -0.05) is 6.92 Å². The van der Waals surface area contributed by atoms with Crippen molar-refractivity contribution in [2.45, 2.75) is 59.0 Å². The van der Waals surface area contributed by atoms with Gasteiger partial charge in [-0.15, -0.1) is 0 Å². The topological polar surface area (TPSA) is 104 Å². The van der Waals surface area contributed by atoms with Gasteiger partial charge in [0.15, 0.2) is 5.96 Å². The van der Waals surface area contributed by atoms with Crippen LogP contribution in [0.4, 0.5) is 4.79 Å². The molecule has 28 heavy (non-hydrogen) atoms. The fourth-order valence-corrected chi connectivity index (χ4v) is 3.19. The van der Waals surface area contributed by atoms with E-state index in [1.54, 1.807) is 14.0 Å². The van der Waals surface area contributed by atoms with Crippen molar-refractivity contribution in [3.63, 3.8) is 0 Å². The van der Waals surface area contributed by atoms with E-state index in [0.717, 1.165) is 25.2 Å². The fourth-order valence-electron chi connectivity index (χ4n) is 3.19. The summed E-state index contributed by atoms with van der Waals surface area (Å²) in [6.45, 7) is 10.4. The van der Waals surface area contributed by atoms with Gasteiger partial charge >= 0.3 is 6.03 Å². The van der Waals surface area contributed by atoms with Crippen molar-refractivity contribution in [3.8, 4) is 0 Å². The molecule has 0 aliphatic carbocycles. The molecule has 1 aromatic rings. The molecule has 1 unspecified atom stereocenters. The van der Waals surface area contributed by atoms with Crippen LogP contribution in [0.3, 0.4) is 0 Å². The highest BCUT2D eigenvalue weighted by molar-refractivity contribution is 6.06. The normalized spacial score (nSPS) is 19.9. The number of nitrogens with zero attached hydrogens (tertiary/aromatic N) is 4. The Hall–Kier alpha value is -2.58. The highest BCUT2D eigenvalue weighted by Crippen LogP contribution is 2.20. The van der Waals surface area contributed by atoms with Gasteiger partial charge in [0.2, 0.25) is 0 Å². The van der Waals surface area contributed by atoms with Gasteiger partial charge in [-0.25, -0.2) is 4.79 Å². The van der Waals surface area contributed by atoms with Gasteiger partial charge < -0.3 is 16.0 Å². The predicted molar refractivity (Wildman–Crippen MR) is 109 cm³/mol. The Labute approximate surface area is 166 Å². The highest BCUT2D eigenvalue weighted by Gasteiger charge is 2.45. The van der Waals surface area contributed by atoms with E-state index in [2.05, 4.69) is 39.0 Å². The first kappa shape index (κ1) is 21.7. The highest BCUT2D eigenvalue weighted by atomic mass is 16.2. The Balaban J connectivity index is 1.65. The van der Waals surface area contributed by atoms with Crippen LogP contribution < -0.4 is 16.0 Å². The maximum atomic E-state index is 12.3. The van der Waals surface area contributed by atoms with Crippen molar-refractivity contribution in [3.05, 3.63) is 17.5 Å². The number of rotatable bonds is 9. The summed E-state index contributed by atoms with van der Waals surface area (Å²) in [6, 6.07) is 1.77. The van der Waals surface area contributed by atoms with Gasteiger partial charge in [0.25, 0.3) is 5.91 Å². The lowest BCUT2D eigenvalue weighted by atomic mass is 9.99. The first-order chi connectivity index (χ1) is 13.3. The van der Waals surface area contributed by atoms with Crippen LogP contribution in [0.5, 0.6) is 0 Å². The van der Waals surface area contributed by atoms with Crippen LogP contribution in [-0.2, 0) is 11.3 Å². The number of nitrogens with one attached hydrogen (secondary N) is 3. The minimum atomic E-state index is -0.770. The number of imide groups is 1. The number of aliphatic imine (C=N–C) groups is 1. The molecule has 156 valence electrons. The number of aromatic nitrogens is 2. The first-order valence-corrected chi connectivity index (χ1v) is 9.90. The van der Waals surface area contributed by atoms with E-state index >= 15 is 0 Å². The summed E-state index contributed by atoms with van der Waals surface area (Å²) in [7, 11) is 1.72. The van der Waals surface area contributed by atoms with Crippen LogP contribution in [0.25, 0.3) is 0 Å². The number of carbonyl (C=O) groups is 2. The quantitative estimate of drug-likeness (QED) is 0.254. The summed E-state index contributed by atoms with van der Waals surface area (Å²) in [5, 5.41) is 13.7. The molecule has 0 spiro atoms.